The van der Waals surface area contributed by atoms with Crippen molar-refractivity contribution in [2.45, 2.75) is 38.7 Å². The summed E-state index contributed by atoms with van der Waals surface area (Å²) in [5.74, 6) is -1.41. The molecular formula is C10H16O4. The number of Topliss-reactive ketones (excluding diaryl/α,β-unsaturated/α-hetero) is 1. The molecule has 0 bridgehead atoms. The maximum atomic E-state index is 11.1. The number of hydrogen-bond acceptors (Lipinski definition) is 3. The molecule has 0 saturated heterocycles. The van der Waals surface area contributed by atoms with Gasteiger partial charge in [0, 0.05) is 12.5 Å². The summed E-state index contributed by atoms with van der Waals surface area (Å²) in [5, 5.41) is 17.5. The van der Waals surface area contributed by atoms with Crippen LogP contribution in [0.25, 0.3) is 0 Å². The van der Waals surface area contributed by atoms with Crippen molar-refractivity contribution < 1.29 is 19.8 Å². The molecule has 0 aromatic rings. The Labute approximate surface area is 83.2 Å². The first-order chi connectivity index (χ1) is 6.57. The fourth-order valence-corrected chi connectivity index (χ4v) is 0.970. The zero-order valence-corrected chi connectivity index (χ0v) is 8.27. The highest BCUT2D eigenvalue weighted by Gasteiger charge is 2.12. The summed E-state index contributed by atoms with van der Waals surface area (Å²) in [6.07, 6.45) is 3.37. The van der Waals surface area contributed by atoms with E-state index in [0.717, 1.165) is 18.9 Å². The molecule has 0 aliphatic rings. The summed E-state index contributed by atoms with van der Waals surface area (Å²) < 4.78 is 0. The first kappa shape index (κ1) is 12.8. The minimum Gasteiger partial charge on any atom is -0.478 e. The highest BCUT2D eigenvalue weighted by Crippen LogP contribution is 2.03. The van der Waals surface area contributed by atoms with Gasteiger partial charge in [-0.05, 0) is 6.42 Å². The second-order valence-electron chi connectivity index (χ2n) is 3.07. The standard InChI is InChI=1S/C10H16O4/c1-2-3-5-8(11)9(12)6-4-7-10(13)14/h4,7-8,11H,2-3,5-6H2,1H3,(H,13,14)/b7-4+/t8-/m0/s1. The average molecular weight is 200 g/mol. The Hall–Kier alpha value is -1.16. The van der Waals surface area contributed by atoms with E-state index in [1.807, 2.05) is 6.92 Å². The third-order valence-corrected chi connectivity index (χ3v) is 1.78. The predicted octanol–water partition coefficient (Wildman–Crippen LogP) is 1.14. The highest BCUT2D eigenvalue weighted by atomic mass is 16.4. The molecule has 2 N–H and O–H groups in total. The van der Waals surface area contributed by atoms with E-state index in [9.17, 15) is 14.7 Å². The number of hydrogen-bond donors (Lipinski definition) is 2. The molecule has 0 fully saturated rings. The van der Waals surface area contributed by atoms with Gasteiger partial charge in [0.2, 0.25) is 0 Å². The Kier molecular flexibility index (Phi) is 6.66. The van der Waals surface area contributed by atoms with Gasteiger partial charge in [0.05, 0.1) is 0 Å². The number of allylic oxidation sites excluding steroid dienone is 1. The molecule has 0 heterocycles. The van der Waals surface area contributed by atoms with Gasteiger partial charge in [0.1, 0.15) is 6.10 Å². The van der Waals surface area contributed by atoms with Crippen LogP contribution < -0.4 is 0 Å². The Bertz CT molecular complexity index is 220. The summed E-state index contributed by atoms with van der Waals surface area (Å²) in [7, 11) is 0. The summed E-state index contributed by atoms with van der Waals surface area (Å²) >= 11 is 0. The largest absolute Gasteiger partial charge is 0.478 e. The van der Waals surface area contributed by atoms with Crippen molar-refractivity contribution in [3.8, 4) is 0 Å². The molecule has 0 aliphatic heterocycles. The molecule has 0 radical (unpaired) electrons. The van der Waals surface area contributed by atoms with Crippen LogP contribution in [-0.4, -0.2) is 28.1 Å². The van der Waals surface area contributed by atoms with Gasteiger partial charge in [0.15, 0.2) is 5.78 Å². The molecule has 0 amide bonds. The minimum atomic E-state index is -1.08. The molecule has 0 saturated carbocycles. The lowest BCUT2D eigenvalue weighted by molar-refractivity contribution is -0.131. The fraction of sp³-hybridized carbons (Fsp3) is 0.600. The van der Waals surface area contributed by atoms with Crippen LogP contribution in [0.3, 0.4) is 0 Å². The number of unbranched alkanes of at least 4 members (excludes halogenated alkanes) is 1. The van der Waals surface area contributed by atoms with Crippen LogP contribution in [0.5, 0.6) is 0 Å². The molecule has 1 atom stereocenters. The molecule has 80 valence electrons. The van der Waals surface area contributed by atoms with Crippen molar-refractivity contribution in [1.29, 1.82) is 0 Å². The first-order valence-electron chi connectivity index (χ1n) is 4.68. The molecule has 14 heavy (non-hydrogen) atoms. The van der Waals surface area contributed by atoms with E-state index in [4.69, 9.17) is 5.11 Å². The zero-order chi connectivity index (χ0) is 11.0. The molecule has 4 heteroatoms. The number of carboxylic acid groups (broad SMARTS) is 1. The molecule has 0 rings (SSSR count). The molecule has 0 unspecified atom stereocenters. The van der Waals surface area contributed by atoms with E-state index in [2.05, 4.69) is 0 Å². The number of aliphatic hydroxyl groups is 1. The minimum absolute atomic E-state index is 0.0167. The van der Waals surface area contributed by atoms with Crippen LogP contribution in [-0.2, 0) is 9.59 Å². The van der Waals surface area contributed by atoms with Gasteiger partial charge in [-0.25, -0.2) is 4.79 Å². The van der Waals surface area contributed by atoms with Crippen LogP contribution in [0.1, 0.15) is 32.6 Å². The summed E-state index contributed by atoms with van der Waals surface area (Å²) in [5.41, 5.74) is 0. The topological polar surface area (TPSA) is 74.6 Å². The summed E-state index contributed by atoms with van der Waals surface area (Å²) in [6, 6.07) is 0. The monoisotopic (exact) mass is 200 g/mol. The van der Waals surface area contributed by atoms with Gasteiger partial charge >= 0.3 is 5.97 Å². The van der Waals surface area contributed by atoms with E-state index in [1.165, 1.54) is 6.08 Å². The van der Waals surface area contributed by atoms with E-state index < -0.39 is 12.1 Å². The van der Waals surface area contributed by atoms with Crippen LogP contribution in [0, 0.1) is 0 Å². The molecule has 4 nitrogen and oxygen atoms in total. The van der Waals surface area contributed by atoms with Gasteiger partial charge in [-0.15, -0.1) is 0 Å². The Balaban J connectivity index is 3.78. The predicted molar refractivity (Wildman–Crippen MR) is 51.9 cm³/mol. The maximum Gasteiger partial charge on any atom is 0.327 e. The van der Waals surface area contributed by atoms with Crippen LogP contribution in [0.2, 0.25) is 0 Å². The van der Waals surface area contributed by atoms with Gasteiger partial charge in [-0.1, -0.05) is 25.8 Å². The molecular weight excluding hydrogens is 184 g/mol. The lowest BCUT2D eigenvalue weighted by Gasteiger charge is -2.06. The van der Waals surface area contributed by atoms with Crippen molar-refractivity contribution in [2.75, 3.05) is 0 Å². The molecule has 0 aromatic carbocycles. The number of carbonyl (C=O) groups excluding carboxylic acids is 1. The zero-order valence-electron chi connectivity index (χ0n) is 8.27. The third-order valence-electron chi connectivity index (χ3n) is 1.78. The lowest BCUT2D eigenvalue weighted by atomic mass is 10.1. The van der Waals surface area contributed by atoms with E-state index in [0.29, 0.717) is 6.42 Å². The second-order valence-corrected chi connectivity index (χ2v) is 3.07. The Morgan fingerprint density at radius 1 is 1.43 bits per heavy atom. The Morgan fingerprint density at radius 3 is 2.57 bits per heavy atom. The molecule has 0 aromatic heterocycles. The van der Waals surface area contributed by atoms with Crippen molar-refractivity contribution in [3.63, 3.8) is 0 Å². The van der Waals surface area contributed by atoms with Crippen molar-refractivity contribution in [1.82, 2.24) is 0 Å². The van der Waals surface area contributed by atoms with Crippen molar-refractivity contribution >= 4 is 11.8 Å². The van der Waals surface area contributed by atoms with E-state index in [-0.39, 0.29) is 12.2 Å². The number of ketones is 1. The summed E-state index contributed by atoms with van der Waals surface area (Å²) in [4.78, 5) is 21.2. The van der Waals surface area contributed by atoms with Gasteiger partial charge in [-0.3, -0.25) is 4.79 Å². The van der Waals surface area contributed by atoms with E-state index in [1.54, 1.807) is 0 Å². The smallest absolute Gasteiger partial charge is 0.327 e. The van der Waals surface area contributed by atoms with Crippen LogP contribution in [0.4, 0.5) is 0 Å². The highest BCUT2D eigenvalue weighted by molar-refractivity contribution is 5.86. The molecule has 0 aliphatic carbocycles. The SMILES string of the molecule is CCCC[C@H](O)C(=O)C/C=C/C(=O)O. The quantitative estimate of drug-likeness (QED) is 0.604. The third kappa shape index (κ3) is 6.37. The maximum absolute atomic E-state index is 11.1. The fourth-order valence-electron chi connectivity index (χ4n) is 0.970. The van der Waals surface area contributed by atoms with E-state index >= 15 is 0 Å². The van der Waals surface area contributed by atoms with Crippen molar-refractivity contribution in [2.24, 2.45) is 0 Å². The average Bonchev–Trinajstić information content (AvgIpc) is 2.13. The van der Waals surface area contributed by atoms with Gasteiger partial charge < -0.3 is 10.2 Å². The van der Waals surface area contributed by atoms with Gasteiger partial charge in [-0.2, -0.15) is 0 Å². The Morgan fingerprint density at radius 2 is 2.07 bits per heavy atom. The van der Waals surface area contributed by atoms with Crippen LogP contribution >= 0.6 is 0 Å². The number of carbonyl (C=O) groups is 2. The second kappa shape index (κ2) is 7.26. The number of rotatable bonds is 7. The van der Waals surface area contributed by atoms with Crippen molar-refractivity contribution in [3.05, 3.63) is 12.2 Å². The summed E-state index contributed by atoms with van der Waals surface area (Å²) in [6.45, 7) is 1.97. The van der Waals surface area contributed by atoms with Crippen LogP contribution in [0.15, 0.2) is 12.2 Å². The number of aliphatic hydroxyl groups excluding tert-OH is 1. The normalized spacial score (nSPS) is 13.0. The number of aliphatic carboxylic acids is 1. The number of carboxylic acids is 1. The molecule has 0 spiro atoms. The van der Waals surface area contributed by atoms with Gasteiger partial charge in [0.25, 0.3) is 0 Å². The first-order valence-corrected chi connectivity index (χ1v) is 4.68. The lowest BCUT2D eigenvalue weighted by Crippen LogP contribution is -2.19.